The van der Waals surface area contributed by atoms with Crippen molar-refractivity contribution in [1.82, 2.24) is 4.57 Å². The normalized spacial score (nSPS) is 10.7. The number of aryl methyl sites for hydroxylation is 1. The first-order chi connectivity index (χ1) is 12.4. The molecule has 0 radical (unpaired) electrons. The first-order valence-electron chi connectivity index (χ1n) is 8.01. The lowest BCUT2D eigenvalue weighted by Gasteiger charge is -2.16. The van der Waals surface area contributed by atoms with E-state index in [2.05, 4.69) is 9.47 Å². The highest BCUT2D eigenvalue weighted by atomic mass is 35.5. The van der Waals surface area contributed by atoms with E-state index in [4.69, 9.17) is 23.8 Å². The lowest BCUT2D eigenvalue weighted by Crippen LogP contribution is -2.28. The molecule has 1 aromatic heterocycles. The first-order valence-corrected chi connectivity index (χ1v) is 8.79. The van der Waals surface area contributed by atoms with Gasteiger partial charge >= 0.3 is 11.9 Å². The number of aromatic nitrogens is 1. The Bertz CT molecular complexity index is 797. The van der Waals surface area contributed by atoms with Gasteiger partial charge in [0.15, 0.2) is 5.92 Å². The van der Waals surface area contributed by atoms with Crippen molar-refractivity contribution in [3.8, 4) is 0 Å². The minimum atomic E-state index is -1.01. The average Bonchev–Trinajstić information content (AvgIpc) is 3.02. The Morgan fingerprint density at radius 1 is 1.08 bits per heavy atom. The van der Waals surface area contributed by atoms with Crippen LogP contribution in [0, 0.1) is 12.8 Å². The molecule has 7 heteroatoms. The summed E-state index contributed by atoms with van der Waals surface area (Å²) in [5, 5.41) is 0.475. The summed E-state index contributed by atoms with van der Waals surface area (Å²) in [6.45, 7) is 2.33. The van der Waals surface area contributed by atoms with Gasteiger partial charge in [-0.25, -0.2) is 0 Å². The number of halogens is 1. The van der Waals surface area contributed by atoms with Crippen LogP contribution in [0.2, 0.25) is 5.15 Å². The molecule has 0 unspecified atom stereocenters. The second-order valence-corrected chi connectivity index (χ2v) is 6.57. The Labute approximate surface area is 162 Å². The molecule has 2 aromatic rings. The third kappa shape index (κ3) is 4.51. The average molecular weight is 394 g/mol. The number of nitrogens with zero attached hydrogens (tertiary/aromatic N) is 1. The van der Waals surface area contributed by atoms with Crippen LogP contribution in [-0.2, 0) is 25.6 Å². The Morgan fingerprint density at radius 3 is 2.19 bits per heavy atom. The number of ether oxygens (including phenoxy) is 2. The van der Waals surface area contributed by atoms with Gasteiger partial charge in [-0.3, -0.25) is 9.59 Å². The van der Waals surface area contributed by atoms with Crippen LogP contribution < -0.4 is 0 Å². The number of rotatable bonds is 7. The van der Waals surface area contributed by atoms with Crippen LogP contribution >= 0.6 is 23.8 Å². The van der Waals surface area contributed by atoms with E-state index >= 15 is 0 Å². The van der Waals surface area contributed by atoms with Crippen LogP contribution in [-0.4, -0.2) is 35.6 Å². The van der Waals surface area contributed by atoms with E-state index in [0.29, 0.717) is 16.6 Å². The molecule has 1 aromatic carbocycles. The summed E-state index contributed by atoms with van der Waals surface area (Å²) in [6.07, 6.45) is 0.192. The summed E-state index contributed by atoms with van der Waals surface area (Å²) in [6, 6.07) is 11.4. The minimum absolute atomic E-state index is 0.192. The van der Waals surface area contributed by atoms with E-state index in [1.54, 1.807) is 10.6 Å². The zero-order chi connectivity index (χ0) is 19.3. The standard InChI is InChI=1S/C19H20ClNO4S/c1-12-4-6-13(7-5-12)17(26)15-8-9-16(20)21(15)11-10-14(18(22)24-2)19(23)25-3/h4-9,14H,10-11H2,1-3H3. The Hall–Kier alpha value is -2.18. The molecule has 0 amide bonds. The molecule has 0 saturated carbocycles. The Balaban J connectivity index is 2.24. The fourth-order valence-corrected chi connectivity index (χ4v) is 3.15. The van der Waals surface area contributed by atoms with Gasteiger partial charge in [-0.1, -0.05) is 53.6 Å². The molecule has 0 aliphatic rings. The number of esters is 2. The number of thiocarbonyl (C=S) groups is 1. The van der Waals surface area contributed by atoms with Gasteiger partial charge < -0.3 is 14.0 Å². The van der Waals surface area contributed by atoms with Gasteiger partial charge in [0.05, 0.1) is 24.8 Å². The summed E-state index contributed by atoms with van der Waals surface area (Å²) in [5.41, 5.74) is 2.80. The molecule has 0 fully saturated rings. The predicted octanol–water partition coefficient (Wildman–Crippen LogP) is 3.57. The first kappa shape index (κ1) is 20.1. The van der Waals surface area contributed by atoms with Crippen molar-refractivity contribution in [2.75, 3.05) is 14.2 Å². The maximum Gasteiger partial charge on any atom is 0.320 e. The van der Waals surface area contributed by atoms with E-state index < -0.39 is 17.9 Å². The van der Waals surface area contributed by atoms with Crippen LogP contribution in [0.4, 0.5) is 0 Å². The molecule has 0 aliphatic carbocycles. The lowest BCUT2D eigenvalue weighted by atomic mass is 10.1. The third-order valence-electron chi connectivity index (χ3n) is 4.09. The summed E-state index contributed by atoms with van der Waals surface area (Å²) in [4.78, 5) is 24.3. The number of carbonyl (C=O) groups excluding carboxylic acids is 2. The van der Waals surface area contributed by atoms with Gasteiger partial charge in [0.2, 0.25) is 0 Å². The van der Waals surface area contributed by atoms with Crippen molar-refractivity contribution in [2.24, 2.45) is 5.92 Å². The van der Waals surface area contributed by atoms with E-state index in [9.17, 15) is 9.59 Å². The van der Waals surface area contributed by atoms with Crippen molar-refractivity contribution in [3.63, 3.8) is 0 Å². The van der Waals surface area contributed by atoms with E-state index in [-0.39, 0.29) is 6.42 Å². The highest BCUT2D eigenvalue weighted by molar-refractivity contribution is 7.81. The zero-order valence-corrected chi connectivity index (χ0v) is 16.4. The molecule has 5 nitrogen and oxygen atoms in total. The molecule has 1 heterocycles. The largest absolute Gasteiger partial charge is 0.468 e. The second-order valence-electron chi connectivity index (χ2n) is 5.78. The topological polar surface area (TPSA) is 57.5 Å². The van der Waals surface area contributed by atoms with Crippen molar-refractivity contribution in [3.05, 3.63) is 58.4 Å². The second kappa shape index (κ2) is 8.96. The minimum Gasteiger partial charge on any atom is -0.468 e. The van der Waals surface area contributed by atoms with Gasteiger partial charge in [-0.05, 0) is 31.0 Å². The summed E-state index contributed by atoms with van der Waals surface area (Å²) < 4.78 is 11.2. The van der Waals surface area contributed by atoms with Gasteiger partial charge in [-0.2, -0.15) is 0 Å². The zero-order valence-electron chi connectivity index (χ0n) is 14.8. The molecule has 138 valence electrons. The third-order valence-corrected chi connectivity index (χ3v) is 4.86. The maximum atomic E-state index is 11.8. The van der Waals surface area contributed by atoms with Crippen LogP contribution in [0.25, 0.3) is 0 Å². The number of methoxy groups -OCH3 is 2. The monoisotopic (exact) mass is 393 g/mol. The van der Waals surface area contributed by atoms with Crippen molar-refractivity contribution < 1.29 is 19.1 Å². The number of hydrogen-bond donors (Lipinski definition) is 0. The van der Waals surface area contributed by atoms with Gasteiger partial charge in [0.25, 0.3) is 0 Å². The van der Waals surface area contributed by atoms with Crippen LogP contribution in [0.15, 0.2) is 36.4 Å². The summed E-state index contributed by atoms with van der Waals surface area (Å²) >= 11 is 11.9. The van der Waals surface area contributed by atoms with Crippen molar-refractivity contribution in [2.45, 2.75) is 19.9 Å². The van der Waals surface area contributed by atoms with Crippen LogP contribution in [0.1, 0.15) is 23.2 Å². The number of benzene rings is 1. The smallest absolute Gasteiger partial charge is 0.320 e. The molecule has 0 saturated heterocycles. The van der Waals surface area contributed by atoms with E-state index in [0.717, 1.165) is 16.8 Å². The predicted molar refractivity (Wildman–Crippen MR) is 104 cm³/mol. The maximum absolute atomic E-state index is 11.8. The molecular formula is C19H20ClNO4S. The highest BCUT2D eigenvalue weighted by Crippen LogP contribution is 2.22. The van der Waals surface area contributed by atoms with E-state index in [1.165, 1.54) is 14.2 Å². The SMILES string of the molecule is COC(=O)C(CCn1c(Cl)ccc1C(=S)c1ccc(C)cc1)C(=O)OC. The summed E-state index contributed by atoms with van der Waals surface area (Å²) in [7, 11) is 2.47. The molecule has 0 spiro atoms. The van der Waals surface area contributed by atoms with Crippen molar-refractivity contribution in [1.29, 1.82) is 0 Å². The molecular weight excluding hydrogens is 374 g/mol. The lowest BCUT2D eigenvalue weighted by molar-refractivity contribution is -0.159. The Kier molecular flexibility index (Phi) is 6.94. The van der Waals surface area contributed by atoms with E-state index in [1.807, 2.05) is 37.3 Å². The molecule has 2 rings (SSSR count). The quantitative estimate of drug-likeness (QED) is 0.311. The van der Waals surface area contributed by atoms with Crippen LogP contribution in [0.3, 0.4) is 0 Å². The fraction of sp³-hybridized carbons (Fsp3) is 0.316. The number of hydrogen-bond acceptors (Lipinski definition) is 5. The molecule has 0 bridgehead atoms. The molecule has 26 heavy (non-hydrogen) atoms. The van der Waals surface area contributed by atoms with Gasteiger partial charge in [-0.15, -0.1) is 0 Å². The van der Waals surface area contributed by atoms with Gasteiger partial charge in [0.1, 0.15) is 5.15 Å². The Morgan fingerprint density at radius 2 is 1.65 bits per heavy atom. The highest BCUT2D eigenvalue weighted by Gasteiger charge is 2.29. The molecule has 0 aliphatic heterocycles. The fourth-order valence-electron chi connectivity index (χ4n) is 2.60. The van der Waals surface area contributed by atoms with Gasteiger partial charge in [0, 0.05) is 6.54 Å². The number of carbonyl (C=O) groups is 2. The van der Waals surface area contributed by atoms with Crippen LogP contribution in [0.5, 0.6) is 0 Å². The molecule has 0 N–H and O–H groups in total. The van der Waals surface area contributed by atoms with Crippen molar-refractivity contribution >= 4 is 40.6 Å². The summed E-state index contributed by atoms with van der Waals surface area (Å²) in [5.74, 6) is -2.28. The molecule has 0 atom stereocenters.